The smallest absolute Gasteiger partial charge is 0.158 e. The normalized spacial score (nSPS) is 20.7. The van der Waals surface area contributed by atoms with Crippen molar-refractivity contribution in [2.45, 2.75) is 37.5 Å². The Morgan fingerprint density at radius 1 is 1.19 bits per heavy atom. The van der Waals surface area contributed by atoms with E-state index in [4.69, 9.17) is 9.47 Å². The first-order valence-corrected chi connectivity index (χ1v) is 10.5. The van der Waals surface area contributed by atoms with E-state index in [2.05, 4.69) is 9.97 Å². The lowest BCUT2D eigenvalue weighted by molar-refractivity contribution is 0.0125. The number of sulfone groups is 1. The van der Waals surface area contributed by atoms with Crippen LogP contribution < -0.4 is 4.74 Å². The molecule has 7 heteroatoms. The molecule has 1 aromatic carbocycles. The predicted octanol–water partition coefficient (Wildman–Crippen LogP) is 2.67. The van der Waals surface area contributed by atoms with Crippen LogP contribution in [0.4, 0.5) is 0 Å². The van der Waals surface area contributed by atoms with E-state index in [-0.39, 0.29) is 5.75 Å². The highest BCUT2D eigenvalue weighted by Gasteiger charge is 2.38. The molecule has 1 aromatic heterocycles. The van der Waals surface area contributed by atoms with Crippen LogP contribution in [0.25, 0.3) is 0 Å². The predicted molar refractivity (Wildman–Crippen MR) is 99.0 cm³/mol. The third-order valence-electron chi connectivity index (χ3n) is 4.62. The summed E-state index contributed by atoms with van der Waals surface area (Å²) in [7, 11) is -1.73. The number of hydrogen-bond donors (Lipinski definition) is 0. The molecule has 0 unspecified atom stereocenters. The van der Waals surface area contributed by atoms with E-state index in [1.165, 1.54) is 0 Å². The second-order valence-electron chi connectivity index (χ2n) is 6.56. The molecule has 2 aromatic rings. The van der Waals surface area contributed by atoms with Gasteiger partial charge in [0.15, 0.2) is 15.7 Å². The molecule has 0 spiro atoms. The molecule has 0 bridgehead atoms. The highest BCUT2D eigenvalue weighted by molar-refractivity contribution is 7.92. The molecule has 1 fully saturated rings. The van der Waals surface area contributed by atoms with Crippen molar-refractivity contribution in [3.8, 4) is 5.75 Å². The summed E-state index contributed by atoms with van der Waals surface area (Å²) in [6.07, 6.45) is 4.57. The average Bonchev–Trinajstić information content (AvgIpc) is 2.67. The quantitative estimate of drug-likeness (QED) is 0.771. The van der Waals surface area contributed by atoms with Gasteiger partial charge in [0.2, 0.25) is 0 Å². The molecule has 1 aliphatic rings. The Balaban J connectivity index is 1.73. The van der Waals surface area contributed by atoms with E-state index in [1.807, 2.05) is 31.2 Å². The van der Waals surface area contributed by atoms with Crippen molar-refractivity contribution < 1.29 is 17.9 Å². The monoisotopic (exact) mass is 376 g/mol. The molecule has 26 heavy (non-hydrogen) atoms. The lowest BCUT2D eigenvalue weighted by Gasteiger charge is -2.30. The van der Waals surface area contributed by atoms with Gasteiger partial charge in [0.05, 0.1) is 18.1 Å². The highest BCUT2D eigenvalue weighted by Crippen LogP contribution is 2.32. The van der Waals surface area contributed by atoms with E-state index < -0.39 is 21.2 Å². The van der Waals surface area contributed by atoms with E-state index in [0.717, 1.165) is 23.3 Å². The fraction of sp³-hybridized carbons (Fsp3) is 0.474. The molecule has 2 atom stereocenters. The van der Waals surface area contributed by atoms with Crippen molar-refractivity contribution in [2.75, 3.05) is 19.5 Å². The molecule has 0 saturated carbocycles. The first-order chi connectivity index (χ1) is 12.5. The summed E-state index contributed by atoms with van der Waals surface area (Å²) in [6.45, 7) is 2.43. The van der Waals surface area contributed by atoms with E-state index in [1.54, 1.807) is 19.5 Å². The number of methoxy groups -OCH3 is 1. The number of hydrogen-bond acceptors (Lipinski definition) is 6. The van der Waals surface area contributed by atoms with Crippen LogP contribution in [0.15, 0.2) is 36.7 Å². The Bertz CT molecular complexity index is 820. The summed E-state index contributed by atoms with van der Waals surface area (Å²) >= 11 is 0. The largest absolute Gasteiger partial charge is 0.497 e. The minimum Gasteiger partial charge on any atom is -0.497 e. The summed E-state index contributed by atoms with van der Waals surface area (Å²) in [6, 6.07) is 7.47. The molecule has 0 aliphatic carbocycles. The number of ether oxygens (including phenoxy) is 2. The van der Waals surface area contributed by atoms with Crippen LogP contribution in [-0.4, -0.2) is 43.1 Å². The molecule has 0 radical (unpaired) electrons. The van der Waals surface area contributed by atoms with Gasteiger partial charge in [-0.25, -0.2) is 18.4 Å². The zero-order valence-electron chi connectivity index (χ0n) is 15.1. The molecule has 0 N–H and O–H groups in total. The van der Waals surface area contributed by atoms with Crippen molar-refractivity contribution in [1.29, 1.82) is 0 Å². The molecule has 1 aliphatic heterocycles. The third-order valence-corrected chi connectivity index (χ3v) is 6.80. The van der Waals surface area contributed by atoms with Gasteiger partial charge in [0.25, 0.3) is 0 Å². The van der Waals surface area contributed by atoms with Gasteiger partial charge in [-0.2, -0.15) is 0 Å². The number of benzene rings is 1. The number of aromatic nitrogens is 2. The van der Waals surface area contributed by atoms with Gasteiger partial charge >= 0.3 is 0 Å². The lowest BCUT2D eigenvalue weighted by atomic mass is 10.1. The van der Waals surface area contributed by atoms with Gasteiger partial charge in [-0.3, -0.25) is 0 Å². The summed E-state index contributed by atoms with van der Waals surface area (Å²) in [5.74, 6) is 1.29. The molecule has 6 nitrogen and oxygen atoms in total. The van der Waals surface area contributed by atoms with Crippen LogP contribution in [-0.2, 0) is 21.0 Å². The first-order valence-electron chi connectivity index (χ1n) is 8.74. The Morgan fingerprint density at radius 3 is 2.54 bits per heavy atom. The van der Waals surface area contributed by atoms with E-state index >= 15 is 0 Å². The Kier molecular flexibility index (Phi) is 5.88. The average molecular weight is 376 g/mol. The summed E-state index contributed by atoms with van der Waals surface area (Å²) in [5, 5.41) is -0.600. The molecular weight excluding hydrogens is 352 g/mol. The number of nitrogens with zero attached hydrogens (tertiary/aromatic N) is 2. The van der Waals surface area contributed by atoms with Crippen LogP contribution in [0.3, 0.4) is 0 Å². The number of rotatable bonds is 6. The van der Waals surface area contributed by atoms with Gasteiger partial charge in [-0.15, -0.1) is 0 Å². The first kappa shape index (κ1) is 18.8. The van der Waals surface area contributed by atoms with Crippen molar-refractivity contribution in [2.24, 2.45) is 0 Å². The topological polar surface area (TPSA) is 78.4 Å². The van der Waals surface area contributed by atoms with Gasteiger partial charge in [-0.05, 0) is 49.4 Å². The standard InChI is InChI=1S/C19H24N2O4S/c1-14-12-20-19(21-13-14)18-17(4-3-10-25-18)26(22,23)11-9-15-5-7-16(24-2)8-6-15/h5-8,12-13,17-18H,3-4,9-11H2,1-2H3/t17-,18+/m1/s1. The summed E-state index contributed by atoms with van der Waals surface area (Å²) in [5.41, 5.74) is 1.90. The second kappa shape index (κ2) is 8.14. The summed E-state index contributed by atoms with van der Waals surface area (Å²) < 4.78 is 36.8. The van der Waals surface area contributed by atoms with E-state index in [9.17, 15) is 8.42 Å². The van der Waals surface area contributed by atoms with Gasteiger partial charge in [0, 0.05) is 19.0 Å². The maximum Gasteiger partial charge on any atom is 0.158 e. The van der Waals surface area contributed by atoms with Crippen LogP contribution >= 0.6 is 0 Å². The fourth-order valence-corrected chi connectivity index (χ4v) is 5.04. The van der Waals surface area contributed by atoms with Crippen molar-refractivity contribution in [3.63, 3.8) is 0 Å². The minimum atomic E-state index is -3.34. The Morgan fingerprint density at radius 2 is 1.88 bits per heavy atom. The highest BCUT2D eigenvalue weighted by atomic mass is 32.2. The third kappa shape index (κ3) is 4.40. The Hall–Kier alpha value is -1.99. The summed E-state index contributed by atoms with van der Waals surface area (Å²) in [4.78, 5) is 8.58. The molecule has 2 heterocycles. The SMILES string of the molecule is COc1ccc(CCS(=O)(=O)[C@@H]2CCCO[C@@H]2c2ncc(C)cn2)cc1. The number of aryl methyl sites for hydroxylation is 2. The zero-order valence-corrected chi connectivity index (χ0v) is 15.9. The van der Waals surface area contributed by atoms with Crippen LogP contribution in [0, 0.1) is 6.92 Å². The molecule has 3 rings (SSSR count). The maximum atomic E-state index is 13.0. The van der Waals surface area contributed by atoms with Crippen LogP contribution in [0.2, 0.25) is 0 Å². The maximum absolute atomic E-state index is 13.0. The zero-order chi connectivity index (χ0) is 18.6. The van der Waals surface area contributed by atoms with Gasteiger partial charge in [0.1, 0.15) is 11.9 Å². The molecule has 0 amide bonds. The molecule has 140 valence electrons. The second-order valence-corrected chi connectivity index (χ2v) is 8.90. The fourth-order valence-electron chi connectivity index (χ4n) is 3.12. The van der Waals surface area contributed by atoms with Crippen molar-refractivity contribution in [3.05, 3.63) is 53.6 Å². The van der Waals surface area contributed by atoms with Crippen LogP contribution in [0.5, 0.6) is 5.75 Å². The van der Waals surface area contributed by atoms with Gasteiger partial charge < -0.3 is 9.47 Å². The van der Waals surface area contributed by atoms with Crippen LogP contribution in [0.1, 0.15) is 35.9 Å². The lowest BCUT2D eigenvalue weighted by Crippen LogP contribution is -2.37. The molecular formula is C19H24N2O4S. The van der Waals surface area contributed by atoms with E-state index in [0.29, 0.717) is 25.3 Å². The molecule has 1 saturated heterocycles. The minimum absolute atomic E-state index is 0.0791. The Labute approximate surface area is 154 Å². The van der Waals surface area contributed by atoms with Crippen molar-refractivity contribution in [1.82, 2.24) is 9.97 Å². The van der Waals surface area contributed by atoms with Gasteiger partial charge in [-0.1, -0.05) is 12.1 Å². The van der Waals surface area contributed by atoms with Crippen molar-refractivity contribution >= 4 is 9.84 Å².